The Kier molecular flexibility index (Phi) is 7.15. The van der Waals surface area contributed by atoms with Crippen molar-refractivity contribution in [1.82, 2.24) is 16.0 Å². The Morgan fingerprint density at radius 1 is 1.19 bits per heavy atom. The van der Waals surface area contributed by atoms with Crippen molar-refractivity contribution in [2.24, 2.45) is 5.92 Å². The molecule has 1 aromatic carbocycles. The van der Waals surface area contributed by atoms with E-state index < -0.39 is 24.0 Å². The minimum Gasteiger partial charge on any atom is -0.480 e. The summed E-state index contributed by atoms with van der Waals surface area (Å²) < 4.78 is 0. The molecule has 0 aromatic heterocycles. The van der Waals surface area contributed by atoms with Gasteiger partial charge in [-0.25, -0.2) is 4.79 Å². The summed E-state index contributed by atoms with van der Waals surface area (Å²) in [7, 11) is 0. The molecule has 1 heterocycles. The van der Waals surface area contributed by atoms with Crippen molar-refractivity contribution in [1.29, 1.82) is 0 Å². The molecule has 7 nitrogen and oxygen atoms in total. The predicted molar refractivity (Wildman–Crippen MR) is 97.5 cm³/mol. The third kappa shape index (κ3) is 5.56. The van der Waals surface area contributed by atoms with Gasteiger partial charge in [0.25, 0.3) is 0 Å². The molecule has 0 spiro atoms. The fourth-order valence-electron chi connectivity index (χ4n) is 3.01. The molecule has 2 rings (SSSR count). The summed E-state index contributed by atoms with van der Waals surface area (Å²) in [6.07, 6.45) is 1.95. The maximum absolute atomic E-state index is 12.7. The Morgan fingerprint density at radius 3 is 2.42 bits per heavy atom. The standard InChI is InChI=1S/C19H27N3O4/c1-12(2)16(19(25)26)22-18(24)15(11-13-7-4-3-5-8-13)21-17(23)14-9-6-10-20-14/h3-5,7-8,12,14-16,20H,6,9-11H2,1-2H3,(H,21,23)(H,22,24)(H,25,26). The Bertz CT molecular complexity index is 627. The van der Waals surface area contributed by atoms with Gasteiger partial charge < -0.3 is 21.1 Å². The molecule has 0 aliphatic carbocycles. The van der Waals surface area contributed by atoms with Crippen LogP contribution in [0.4, 0.5) is 0 Å². The number of benzene rings is 1. The number of carbonyl (C=O) groups excluding carboxylic acids is 2. The van der Waals surface area contributed by atoms with E-state index in [1.54, 1.807) is 13.8 Å². The first-order valence-corrected chi connectivity index (χ1v) is 8.99. The average molecular weight is 361 g/mol. The van der Waals surface area contributed by atoms with Crippen molar-refractivity contribution >= 4 is 17.8 Å². The number of carbonyl (C=O) groups is 3. The van der Waals surface area contributed by atoms with Crippen LogP contribution in [0, 0.1) is 5.92 Å². The van der Waals surface area contributed by atoms with E-state index in [2.05, 4.69) is 16.0 Å². The molecule has 4 N–H and O–H groups in total. The second-order valence-corrected chi connectivity index (χ2v) is 6.97. The van der Waals surface area contributed by atoms with Crippen molar-refractivity contribution in [3.05, 3.63) is 35.9 Å². The summed E-state index contributed by atoms with van der Waals surface area (Å²) in [5.74, 6) is -2.06. The van der Waals surface area contributed by atoms with E-state index in [4.69, 9.17) is 0 Å². The molecule has 1 aliphatic rings. The zero-order valence-corrected chi connectivity index (χ0v) is 15.2. The molecule has 1 aliphatic heterocycles. The van der Waals surface area contributed by atoms with E-state index in [1.165, 1.54) is 0 Å². The van der Waals surface area contributed by atoms with E-state index in [9.17, 15) is 19.5 Å². The first-order chi connectivity index (χ1) is 12.4. The summed E-state index contributed by atoms with van der Waals surface area (Å²) in [6, 6.07) is 7.21. The summed E-state index contributed by atoms with van der Waals surface area (Å²) in [6.45, 7) is 4.24. The van der Waals surface area contributed by atoms with Crippen LogP contribution in [0.3, 0.4) is 0 Å². The molecule has 3 atom stereocenters. The third-order valence-electron chi connectivity index (χ3n) is 4.52. The molecule has 7 heteroatoms. The Balaban J connectivity index is 2.11. The van der Waals surface area contributed by atoms with E-state index in [-0.39, 0.29) is 17.9 Å². The summed E-state index contributed by atoms with van der Waals surface area (Å²) >= 11 is 0. The van der Waals surface area contributed by atoms with Crippen LogP contribution < -0.4 is 16.0 Å². The minimum atomic E-state index is -1.09. The van der Waals surface area contributed by atoms with E-state index in [0.29, 0.717) is 6.42 Å². The lowest BCUT2D eigenvalue weighted by atomic mass is 10.0. The van der Waals surface area contributed by atoms with Gasteiger partial charge in [-0.15, -0.1) is 0 Å². The monoisotopic (exact) mass is 361 g/mol. The molecule has 26 heavy (non-hydrogen) atoms. The van der Waals surface area contributed by atoms with Crippen molar-refractivity contribution < 1.29 is 19.5 Å². The molecular formula is C19H27N3O4. The normalized spacial score (nSPS) is 19.0. The quantitative estimate of drug-likeness (QED) is 0.545. The molecule has 1 aromatic rings. The van der Waals surface area contributed by atoms with Gasteiger partial charge in [0.15, 0.2) is 0 Å². The molecule has 0 radical (unpaired) electrons. The number of rotatable bonds is 8. The van der Waals surface area contributed by atoms with Crippen LogP contribution in [-0.4, -0.2) is 47.6 Å². The van der Waals surface area contributed by atoms with Gasteiger partial charge in [0.05, 0.1) is 6.04 Å². The van der Waals surface area contributed by atoms with Gasteiger partial charge in [0, 0.05) is 6.42 Å². The second kappa shape index (κ2) is 9.33. The van der Waals surface area contributed by atoms with Crippen LogP contribution in [-0.2, 0) is 20.8 Å². The largest absolute Gasteiger partial charge is 0.480 e. The van der Waals surface area contributed by atoms with Crippen LogP contribution in [0.2, 0.25) is 0 Å². The topological polar surface area (TPSA) is 108 Å². The SMILES string of the molecule is CC(C)C(NC(=O)C(Cc1ccccc1)NC(=O)C1CCCN1)C(=O)O. The van der Waals surface area contributed by atoms with Crippen molar-refractivity contribution in [2.45, 2.75) is 51.2 Å². The summed E-state index contributed by atoms with van der Waals surface area (Å²) in [5, 5.41) is 17.8. The Morgan fingerprint density at radius 2 is 1.88 bits per heavy atom. The molecule has 1 saturated heterocycles. The van der Waals surface area contributed by atoms with Gasteiger partial charge in [-0.05, 0) is 30.9 Å². The zero-order valence-electron chi connectivity index (χ0n) is 15.2. The van der Waals surface area contributed by atoms with Crippen molar-refractivity contribution in [2.75, 3.05) is 6.54 Å². The van der Waals surface area contributed by atoms with Gasteiger partial charge in [-0.2, -0.15) is 0 Å². The highest BCUT2D eigenvalue weighted by Crippen LogP contribution is 2.09. The van der Waals surface area contributed by atoms with Gasteiger partial charge in [-0.3, -0.25) is 9.59 Å². The minimum absolute atomic E-state index is 0.227. The lowest BCUT2D eigenvalue weighted by Gasteiger charge is -2.24. The molecule has 3 unspecified atom stereocenters. The molecule has 2 amide bonds. The zero-order chi connectivity index (χ0) is 19.1. The van der Waals surface area contributed by atoms with Crippen LogP contribution >= 0.6 is 0 Å². The molecule has 1 fully saturated rings. The lowest BCUT2D eigenvalue weighted by molar-refractivity contribution is -0.143. The Hall–Kier alpha value is -2.41. The number of carboxylic acid groups (broad SMARTS) is 1. The van der Waals surface area contributed by atoms with Crippen molar-refractivity contribution in [3.63, 3.8) is 0 Å². The fraction of sp³-hybridized carbons (Fsp3) is 0.526. The fourth-order valence-corrected chi connectivity index (χ4v) is 3.01. The van der Waals surface area contributed by atoms with E-state index in [1.807, 2.05) is 30.3 Å². The average Bonchev–Trinajstić information content (AvgIpc) is 3.14. The van der Waals surface area contributed by atoms with Crippen LogP contribution in [0.5, 0.6) is 0 Å². The first kappa shape index (κ1) is 19.9. The number of aliphatic carboxylic acids is 1. The van der Waals surface area contributed by atoms with Gasteiger partial charge >= 0.3 is 5.97 Å². The second-order valence-electron chi connectivity index (χ2n) is 6.97. The number of carboxylic acids is 1. The number of hydrogen-bond acceptors (Lipinski definition) is 4. The van der Waals surface area contributed by atoms with Crippen LogP contribution in [0.1, 0.15) is 32.3 Å². The number of hydrogen-bond donors (Lipinski definition) is 4. The number of amides is 2. The molecular weight excluding hydrogens is 334 g/mol. The number of nitrogens with one attached hydrogen (secondary N) is 3. The third-order valence-corrected chi connectivity index (χ3v) is 4.52. The Labute approximate surface area is 153 Å². The van der Waals surface area contributed by atoms with E-state index in [0.717, 1.165) is 24.9 Å². The molecule has 0 bridgehead atoms. The smallest absolute Gasteiger partial charge is 0.326 e. The highest BCUT2D eigenvalue weighted by atomic mass is 16.4. The highest BCUT2D eigenvalue weighted by Gasteiger charge is 2.31. The predicted octanol–water partition coefficient (Wildman–Crippen LogP) is 0.691. The lowest BCUT2D eigenvalue weighted by Crippen LogP contribution is -2.56. The van der Waals surface area contributed by atoms with Gasteiger partial charge in [0.2, 0.25) is 11.8 Å². The maximum Gasteiger partial charge on any atom is 0.326 e. The molecule has 0 saturated carbocycles. The maximum atomic E-state index is 12.7. The van der Waals surface area contributed by atoms with Crippen LogP contribution in [0.15, 0.2) is 30.3 Å². The van der Waals surface area contributed by atoms with Gasteiger partial charge in [-0.1, -0.05) is 44.2 Å². The summed E-state index contributed by atoms with van der Waals surface area (Å²) in [4.78, 5) is 36.5. The van der Waals surface area contributed by atoms with Gasteiger partial charge in [0.1, 0.15) is 12.1 Å². The highest BCUT2D eigenvalue weighted by molar-refractivity contribution is 5.92. The van der Waals surface area contributed by atoms with Crippen molar-refractivity contribution in [3.8, 4) is 0 Å². The van der Waals surface area contributed by atoms with E-state index >= 15 is 0 Å². The molecule has 142 valence electrons. The first-order valence-electron chi connectivity index (χ1n) is 8.99. The van der Waals surface area contributed by atoms with Crippen LogP contribution in [0.25, 0.3) is 0 Å². The summed E-state index contributed by atoms with van der Waals surface area (Å²) in [5.41, 5.74) is 0.892.